The number of ether oxygens (including phenoxy) is 1. The van der Waals surface area contributed by atoms with E-state index in [9.17, 15) is 14.2 Å². The predicted molar refractivity (Wildman–Crippen MR) is 135 cm³/mol. The SMILES string of the molecule is CCOP(=O)(OCC)C(F)(F)c1ccc(C=O)c(NC(=O)OCC2c3ccccc3-c3ccccc32)c1. The molecule has 10 heteroatoms. The second-order valence-corrected chi connectivity index (χ2v) is 10.3. The number of carbonyl (C=O) groups is 2. The van der Waals surface area contributed by atoms with Crippen LogP contribution < -0.4 is 5.32 Å². The van der Waals surface area contributed by atoms with E-state index in [0.29, 0.717) is 6.29 Å². The average molecular weight is 529 g/mol. The van der Waals surface area contributed by atoms with Crippen molar-refractivity contribution in [1.29, 1.82) is 0 Å². The number of amides is 1. The van der Waals surface area contributed by atoms with Gasteiger partial charge in [0.2, 0.25) is 0 Å². The molecule has 0 fully saturated rings. The second-order valence-electron chi connectivity index (χ2n) is 8.24. The van der Waals surface area contributed by atoms with Crippen LogP contribution in [0.3, 0.4) is 0 Å². The molecule has 0 unspecified atom stereocenters. The number of anilines is 1. The lowest BCUT2D eigenvalue weighted by molar-refractivity contribution is 0.0361. The topological polar surface area (TPSA) is 90.9 Å². The highest BCUT2D eigenvalue weighted by Gasteiger charge is 2.55. The van der Waals surface area contributed by atoms with E-state index in [4.69, 9.17) is 13.8 Å². The first-order valence-corrected chi connectivity index (χ1v) is 13.3. The van der Waals surface area contributed by atoms with Gasteiger partial charge < -0.3 is 13.8 Å². The van der Waals surface area contributed by atoms with Crippen molar-refractivity contribution in [3.8, 4) is 11.1 Å². The van der Waals surface area contributed by atoms with Gasteiger partial charge in [-0.2, -0.15) is 8.78 Å². The zero-order valence-corrected chi connectivity index (χ0v) is 21.2. The van der Waals surface area contributed by atoms with Crippen molar-refractivity contribution in [2.24, 2.45) is 0 Å². The summed E-state index contributed by atoms with van der Waals surface area (Å²) in [7, 11) is -4.88. The Hall–Kier alpha value is -3.39. The third kappa shape index (κ3) is 5.07. The minimum Gasteiger partial charge on any atom is -0.448 e. The first kappa shape index (κ1) is 26.7. The molecule has 1 amide bonds. The number of aldehydes is 1. The summed E-state index contributed by atoms with van der Waals surface area (Å²) in [4.78, 5) is 24.2. The Labute approximate surface area is 213 Å². The summed E-state index contributed by atoms with van der Waals surface area (Å²) >= 11 is 0. The lowest BCUT2D eigenvalue weighted by Gasteiger charge is -2.26. The summed E-state index contributed by atoms with van der Waals surface area (Å²) in [6.07, 6.45) is -0.519. The molecule has 0 bridgehead atoms. The second kappa shape index (κ2) is 10.9. The summed E-state index contributed by atoms with van der Waals surface area (Å²) in [5.74, 6) is -0.206. The van der Waals surface area contributed by atoms with E-state index in [1.54, 1.807) is 0 Å². The van der Waals surface area contributed by atoms with Gasteiger partial charge in [-0.05, 0) is 48.2 Å². The maximum atomic E-state index is 15.2. The molecular weight excluding hydrogens is 503 g/mol. The molecular formula is C27H26F2NO6P. The number of alkyl halides is 2. The van der Waals surface area contributed by atoms with E-state index in [-0.39, 0.29) is 37.0 Å². The van der Waals surface area contributed by atoms with Gasteiger partial charge in [0.05, 0.1) is 18.9 Å². The molecule has 37 heavy (non-hydrogen) atoms. The van der Waals surface area contributed by atoms with Gasteiger partial charge in [0, 0.05) is 17.0 Å². The maximum absolute atomic E-state index is 15.2. The Morgan fingerprint density at radius 1 is 0.973 bits per heavy atom. The van der Waals surface area contributed by atoms with Gasteiger partial charge in [-0.3, -0.25) is 14.7 Å². The standard InChI is InChI=1S/C27H26F2NO6P/c1-3-35-37(33,36-4-2)27(28,29)19-14-13-18(16-31)25(15-19)30-26(32)34-17-24-22-11-7-5-9-20(22)21-10-6-8-12-23(21)24/h5-16,24H,3-4,17H2,1-2H3,(H,30,32). The number of rotatable bonds is 10. The molecule has 0 radical (unpaired) electrons. The highest BCUT2D eigenvalue weighted by Crippen LogP contribution is 2.67. The van der Waals surface area contributed by atoms with E-state index < -0.39 is 24.9 Å². The fourth-order valence-corrected chi connectivity index (χ4v) is 5.93. The van der Waals surface area contributed by atoms with Crippen LogP contribution in [0.25, 0.3) is 11.1 Å². The van der Waals surface area contributed by atoms with Gasteiger partial charge in [0.15, 0.2) is 6.29 Å². The third-order valence-corrected chi connectivity index (χ3v) is 8.19. The van der Waals surface area contributed by atoms with E-state index in [2.05, 4.69) is 5.32 Å². The Kier molecular flexibility index (Phi) is 7.87. The van der Waals surface area contributed by atoms with Crippen LogP contribution in [0.2, 0.25) is 0 Å². The molecule has 1 aliphatic carbocycles. The van der Waals surface area contributed by atoms with Crippen molar-refractivity contribution in [2.45, 2.75) is 25.4 Å². The van der Waals surface area contributed by atoms with Crippen LogP contribution in [0.5, 0.6) is 0 Å². The van der Waals surface area contributed by atoms with Crippen molar-refractivity contribution in [3.05, 3.63) is 89.0 Å². The Morgan fingerprint density at radius 2 is 1.54 bits per heavy atom. The smallest absolute Gasteiger partial charge is 0.411 e. The molecule has 3 aromatic carbocycles. The molecule has 7 nitrogen and oxygen atoms in total. The summed E-state index contributed by atoms with van der Waals surface area (Å²) in [5.41, 5.74) is -0.921. The highest BCUT2D eigenvalue weighted by atomic mass is 31.2. The van der Waals surface area contributed by atoms with Crippen LogP contribution in [0.4, 0.5) is 19.3 Å². The van der Waals surface area contributed by atoms with Gasteiger partial charge in [-0.25, -0.2) is 4.79 Å². The molecule has 0 spiro atoms. The van der Waals surface area contributed by atoms with Crippen LogP contribution in [-0.2, 0) is 24.0 Å². The lowest BCUT2D eigenvalue weighted by atomic mass is 9.98. The quantitative estimate of drug-likeness (QED) is 0.221. The minimum absolute atomic E-state index is 0.00395. The van der Waals surface area contributed by atoms with Gasteiger partial charge in [0.25, 0.3) is 0 Å². The number of benzene rings is 3. The minimum atomic E-state index is -4.88. The molecule has 0 atom stereocenters. The molecule has 0 aromatic heterocycles. The van der Waals surface area contributed by atoms with Crippen molar-refractivity contribution in [1.82, 2.24) is 0 Å². The molecule has 1 N–H and O–H groups in total. The fraction of sp³-hybridized carbons (Fsp3) is 0.259. The van der Waals surface area contributed by atoms with Crippen molar-refractivity contribution >= 4 is 25.7 Å². The predicted octanol–water partition coefficient (Wildman–Crippen LogP) is 7.18. The number of carbonyl (C=O) groups excluding carboxylic acids is 2. The lowest BCUT2D eigenvalue weighted by Crippen LogP contribution is -2.21. The van der Waals surface area contributed by atoms with Crippen molar-refractivity contribution in [3.63, 3.8) is 0 Å². The van der Waals surface area contributed by atoms with Gasteiger partial charge in [-0.1, -0.05) is 54.6 Å². The Balaban J connectivity index is 1.54. The van der Waals surface area contributed by atoms with Crippen LogP contribution in [0.15, 0.2) is 66.7 Å². The largest absolute Gasteiger partial charge is 0.448 e. The van der Waals surface area contributed by atoms with Crippen molar-refractivity contribution < 1.29 is 36.7 Å². The molecule has 4 rings (SSSR count). The normalized spacial score (nSPS) is 13.1. The molecule has 0 heterocycles. The highest BCUT2D eigenvalue weighted by molar-refractivity contribution is 7.54. The van der Waals surface area contributed by atoms with Crippen LogP contribution >= 0.6 is 7.60 Å². The number of nitrogens with one attached hydrogen (secondary N) is 1. The molecule has 0 saturated heterocycles. The number of halogens is 2. The molecule has 3 aromatic rings. The average Bonchev–Trinajstić information content (AvgIpc) is 3.21. The van der Waals surface area contributed by atoms with Gasteiger partial charge in [-0.15, -0.1) is 0 Å². The molecule has 194 valence electrons. The molecule has 1 aliphatic rings. The van der Waals surface area contributed by atoms with E-state index >= 15 is 8.78 Å². The Morgan fingerprint density at radius 3 is 2.08 bits per heavy atom. The summed E-state index contributed by atoms with van der Waals surface area (Å²) in [6.45, 7) is 2.31. The van der Waals surface area contributed by atoms with Gasteiger partial charge >= 0.3 is 19.4 Å². The van der Waals surface area contributed by atoms with Crippen molar-refractivity contribution in [2.75, 3.05) is 25.1 Å². The summed E-state index contributed by atoms with van der Waals surface area (Å²) in [6, 6.07) is 18.5. The van der Waals surface area contributed by atoms with Crippen LogP contribution in [0, 0.1) is 0 Å². The number of hydrogen-bond acceptors (Lipinski definition) is 6. The monoisotopic (exact) mass is 529 g/mol. The number of fused-ring (bicyclic) bond motifs is 3. The molecule has 0 aliphatic heterocycles. The maximum Gasteiger partial charge on any atom is 0.411 e. The van der Waals surface area contributed by atoms with E-state index in [1.165, 1.54) is 13.8 Å². The summed E-state index contributed by atoms with van der Waals surface area (Å²) < 4.78 is 58.3. The Bertz CT molecular complexity index is 1310. The fourth-order valence-electron chi connectivity index (χ4n) is 4.40. The zero-order chi connectivity index (χ0) is 26.6. The van der Waals surface area contributed by atoms with Gasteiger partial charge in [0.1, 0.15) is 6.61 Å². The van der Waals surface area contributed by atoms with Crippen LogP contribution in [-0.4, -0.2) is 32.2 Å². The van der Waals surface area contributed by atoms with E-state index in [0.717, 1.165) is 40.5 Å². The molecule has 0 saturated carbocycles. The first-order valence-electron chi connectivity index (χ1n) is 11.7. The first-order chi connectivity index (χ1) is 17.8. The zero-order valence-electron chi connectivity index (χ0n) is 20.3. The number of hydrogen-bond donors (Lipinski definition) is 1. The summed E-state index contributed by atoms with van der Waals surface area (Å²) in [5, 5.41) is 2.36. The van der Waals surface area contributed by atoms with E-state index in [1.807, 2.05) is 48.5 Å². The third-order valence-electron chi connectivity index (χ3n) is 6.05. The van der Waals surface area contributed by atoms with Crippen LogP contribution in [0.1, 0.15) is 46.8 Å².